The van der Waals surface area contributed by atoms with Crippen molar-refractivity contribution in [2.24, 2.45) is 0 Å². The number of fused-ring (bicyclic) bond motifs is 1. The SMILES string of the molecule is COC(=O)c1cncc2c1CCN(C(=O)CCN1CCN(C)CC1)C2. The van der Waals surface area contributed by atoms with Crippen molar-refractivity contribution in [1.29, 1.82) is 0 Å². The first kappa shape index (κ1) is 17.8. The monoisotopic (exact) mass is 346 g/mol. The Hall–Kier alpha value is -1.99. The van der Waals surface area contributed by atoms with Crippen LogP contribution in [0.2, 0.25) is 0 Å². The van der Waals surface area contributed by atoms with E-state index in [4.69, 9.17) is 4.74 Å². The largest absolute Gasteiger partial charge is 0.465 e. The van der Waals surface area contributed by atoms with Crippen molar-refractivity contribution in [1.82, 2.24) is 19.7 Å². The Morgan fingerprint density at radius 1 is 1.16 bits per heavy atom. The van der Waals surface area contributed by atoms with Gasteiger partial charge >= 0.3 is 5.97 Å². The van der Waals surface area contributed by atoms with Gasteiger partial charge in [-0.05, 0) is 24.6 Å². The number of aromatic nitrogens is 1. The highest BCUT2D eigenvalue weighted by Gasteiger charge is 2.25. The maximum Gasteiger partial charge on any atom is 0.339 e. The lowest BCUT2D eigenvalue weighted by Crippen LogP contribution is -2.46. The van der Waals surface area contributed by atoms with E-state index in [0.29, 0.717) is 31.5 Å². The number of amides is 1. The third-order valence-corrected chi connectivity index (χ3v) is 5.14. The van der Waals surface area contributed by atoms with E-state index in [1.807, 2.05) is 4.90 Å². The van der Waals surface area contributed by atoms with Gasteiger partial charge in [-0.1, -0.05) is 0 Å². The lowest BCUT2D eigenvalue weighted by Gasteiger charge is -2.33. The molecule has 1 aromatic rings. The molecule has 0 radical (unpaired) electrons. The summed E-state index contributed by atoms with van der Waals surface area (Å²) in [6.45, 7) is 6.16. The molecule has 7 heteroatoms. The summed E-state index contributed by atoms with van der Waals surface area (Å²) in [5.74, 6) is -0.188. The molecule has 3 rings (SSSR count). The molecule has 7 nitrogen and oxygen atoms in total. The summed E-state index contributed by atoms with van der Waals surface area (Å²) in [6.07, 6.45) is 4.52. The Morgan fingerprint density at radius 3 is 2.64 bits per heavy atom. The van der Waals surface area contributed by atoms with E-state index in [9.17, 15) is 9.59 Å². The normalized spacial score (nSPS) is 18.7. The molecule has 0 saturated carbocycles. The number of likely N-dealkylation sites (N-methyl/N-ethyl adjacent to an activating group) is 1. The lowest BCUT2D eigenvalue weighted by atomic mass is 9.97. The molecule has 25 heavy (non-hydrogen) atoms. The Bertz CT molecular complexity index is 641. The first-order valence-corrected chi connectivity index (χ1v) is 8.81. The molecular weight excluding hydrogens is 320 g/mol. The van der Waals surface area contributed by atoms with Crippen LogP contribution in [0, 0.1) is 0 Å². The third-order valence-electron chi connectivity index (χ3n) is 5.14. The predicted molar refractivity (Wildman–Crippen MR) is 93.3 cm³/mol. The Kier molecular flexibility index (Phi) is 5.65. The summed E-state index contributed by atoms with van der Waals surface area (Å²) < 4.78 is 4.82. The van der Waals surface area contributed by atoms with Crippen LogP contribution in [-0.2, 0) is 22.5 Å². The average molecular weight is 346 g/mol. The molecule has 1 fully saturated rings. The molecule has 0 unspecified atom stereocenters. The van der Waals surface area contributed by atoms with Crippen LogP contribution in [0.15, 0.2) is 12.4 Å². The summed E-state index contributed by atoms with van der Waals surface area (Å²) in [6, 6.07) is 0. The van der Waals surface area contributed by atoms with Gasteiger partial charge in [-0.15, -0.1) is 0 Å². The number of esters is 1. The van der Waals surface area contributed by atoms with Gasteiger partial charge in [-0.2, -0.15) is 0 Å². The number of methoxy groups -OCH3 is 1. The third kappa shape index (κ3) is 4.16. The molecule has 0 N–H and O–H groups in total. The van der Waals surface area contributed by atoms with Gasteiger partial charge < -0.3 is 19.4 Å². The van der Waals surface area contributed by atoms with Crippen molar-refractivity contribution in [2.75, 3.05) is 53.4 Å². The van der Waals surface area contributed by atoms with Gasteiger partial charge in [0.2, 0.25) is 5.91 Å². The van der Waals surface area contributed by atoms with Crippen LogP contribution < -0.4 is 0 Å². The molecule has 1 amide bonds. The molecule has 2 aliphatic heterocycles. The molecule has 0 aromatic carbocycles. The van der Waals surface area contributed by atoms with Crippen molar-refractivity contribution in [2.45, 2.75) is 19.4 Å². The minimum Gasteiger partial charge on any atom is -0.465 e. The molecule has 0 spiro atoms. The topological polar surface area (TPSA) is 66.0 Å². The number of hydrogen-bond acceptors (Lipinski definition) is 6. The number of pyridine rings is 1. The van der Waals surface area contributed by atoms with E-state index in [1.165, 1.54) is 7.11 Å². The zero-order chi connectivity index (χ0) is 17.8. The van der Waals surface area contributed by atoms with Gasteiger partial charge in [-0.3, -0.25) is 9.78 Å². The smallest absolute Gasteiger partial charge is 0.339 e. The highest BCUT2D eigenvalue weighted by atomic mass is 16.5. The van der Waals surface area contributed by atoms with Crippen LogP contribution in [0.1, 0.15) is 27.9 Å². The molecule has 0 aliphatic carbocycles. The highest BCUT2D eigenvalue weighted by Crippen LogP contribution is 2.22. The number of piperazine rings is 1. The fourth-order valence-electron chi connectivity index (χ4n) is 3.48. The second-order valence-corrected chi connectivity index (χ2v) is 6.78. The van der Waals surface area contributed by atoms with Crippen LogP contribution in [-0.4, -0.2) is 85.0 Å². The number of nitrogens with zero attached hydrogens (tertiary/aromatic N) is 4. The second kappa shape index (κ2) is 7.93. The van der Waals surface area contributed by atoms with Gasteiger partial charge in [0.05, 0.1) is 12.7 Å². The van der Waals surface area contributed by atoms with Crippen molar-refractivity contribution in [3.63, 3.8) is 0 Å². The van der Waals surface area contributed by atoms with E-state index < -0.39 is 0 Å². The number of carbonyl (C=O) groups excluding carboxylic acids is 2. The van der Waals surface area contributed by atoms with Gasteiger partial charge in [0.25, 0.3) is 0 Å². The minimum absolute atomic E-state index is 0.174. The van der Waals surface area contributed by atoms with Gasteiger partial charge in [0, 0.05) is 64.6 Å². The van der Waals surface area contributed by atoms with E-state index in [0.717, 1.165) is 43.9 Å². The van der Waals surface area contributed by atoms with Crippen LogP contribution in [0.3, 0.4) is 0 Å². The number of carbonyl (C=O) groups is 2. The maximum atomic E-state index is 12.6. The molecule has 1 saturated heterocycles. The first-order valence-electron chi connectivity index (χ1n) is 8.81. The Balaban J connectivity index is 1.57. The molecule has 0 atom stereocenters. The fourth-order valence-corrected chi connectivity index (χ4v) is 3.48. The van der Waals surface area contributed by atoms with E-state index in [1.54, 1.807) is 12.4 Å². The summed E-state index contributed by atoms with van der Waals surface area (Å²) in [5, 5.41) is 0. The minimum atomic E-state index is -0.362. The highest BCUT2D eigenvalue weighted by molar-refractivity contribution is 5.91. The standard InChI is InChI=1S/C18H26N4O3/c1-20-7-9-21(10-8-20)5-4-17(23)22-6-3-15-14(13-22)11-19-12-16(15)18(24)25-2/h11-12H,3-10,13H2,1-2H3. The van der Waals surface area contributed by atoms with Crippen molar-refractivity contribution in [3.8, 4) is 0 Å². The van der Waals surface area contributed by atoms with Crippen LogP contribution >= 0.6 is 0 Å². The number of rotatable bonds is 4. The molecule has 0 bridgehead atoms. The number of hydrogen-bond donors (Lipinski definition) is 0. The summed E-state index contributed by atoms with van der Waals surface area (Å²) >= 11 is 0. The fraction of sp³-hybridized carbons (Fsp3) is 0.611. The van der Waals surface area contributed by atoms with Gasteiger partial charge in [0.15, 0.2) is 0 Å². The second-order valence-electron chi connectivity index (χ2n) is 6.78. The number of ether oxygens (including phenoxy) is 1. The van der Waals surface area contributed by atoms with E-state index >= 15 is 0 Å². The van der Waals surface area contributed by atoms with Crippen LogP contribution in [0.5, 0.6) is 0 Å². The predicted octanol–water partition coefficient (Wildman–Crippen LogP) is 0.390. The Morgan fingerprint density at radius 2 is 1.92 bits per heavy atom. The molecule has 2 aliphatic rings. The Labute approximate surface area is 148 Å². The molecule has 136 valence electrons. The zero-order valence-corrected chi connectivity index (χ0v) is 15.0. The molecular formula is C18H26N4O3. The summed E-state index contributed by atoms with van der Waals surface area (Å²) in [5.41, 5.74) is 2.43. The lowest BCUT2D eigenvalue weighted by molar-refractivity contribution is -0.132. The van der Waals surface area contributed by atoms with E-state index in [-0.39, 0.29) is 11.9 Å². The van der Waals surface area contributed by atoms with Gasteiger partial charge in [-0.25, -0.2) is 4.79 Å². The first-order chi connectivity index (χ1) is 12.1. The zero-order valence-electron chi connectivity index (χ0n) is 15.0. The summed E-state index contributed by atoms with van der Waals surface area (Å²) in [7, 11) is 3.50. The van der Waals surface area contributed by atoms with Crippen molar-refractivity contribution < 1.29 is 14.3 Å². The molecule has 1 aromatic heterocycles. The van der Waals surface area contributed by atoms with E-state index in [2.05, 4.69) is 21.8 Å². The summed E-state index contributed by atoms with van der Waals surface area (Å²) in [4.78, 5) is 35.1. The van der Waals surface area contributed by atoms with Gasteiger partial charge in [0.1, 0.15) is 0 Å². The quantitative estimate of drug-likeness (QED) is 0.735. The molecule has 3 heterocycles. The average Bonchev–Trinajstić information content (AvgIpc) is 2.65. The maximum absolute atomic E-state index is 12.6. The van der Waals surface area contributed by atoms with Crippen molar-refractivity contribution >= 4 is 11.9 Å². The van der Waals surface area contributed by atoms with Crippen LogP contribution in [0.25, 0.3) is 0 Å². The van der Waals surface area contributed by atoms with Crippen molar-refractivity contribution in [3.05, 3.63) is 29.1 Å². The van der Waals surface area contributed by atoms with Crippen LogP contribution in [0.4, 0.5) is 0 Å².